The van der Waals surface area contributed by atoms with Crippen LogP contribution in [0.4, 0.5) is 0 Å². The number of esters is 1. The molecule has 0 saturated carbocycles. The number of hydrogen-bond acceptors (Lipinski definition) is 6. The largest absolute Gasteiger partial charge is 0.493 e. The van der Waals surface area contributed by atoms with E-state index >= 15 is 0 Å². The van der Waals surface area contributed by atoms with Crippen molar-refractivity contribution < 1.29 is 28.2 Å². The van der Waals surface area contributed by atoms with E-state index < -0.39 is 17.8 Å². The van der Waals surface area contributed by atoms with Crippen LogP contribution in [0.3, 0.4) is 0 Å². The molecule has 0 saturated heterocycles. The Morgan fingerprint density at radius 3 is 2.63 bits per heavy atom. The van der Waals surface area contributed by atoms with Gasteiger partial charge >= 0.3 is 5.97 Å². The molecule has 0 fully saturated rings. The molecule has 1 heterocycles. The van der Waals surface area contributed by atoms with Crippen LogP contribution in [-0.4, -0.2) is 32.6 Å². The topological polar surface area (TPSA) is 75.0 Å². The molecular formula is C21H22O6. The van der Waals surface area contributed by atoms with Gasteiger partial charge in [0, 0.05) is 11.5 Å². The Hall–Kier alpha value is -3.02. The average Bonchev–Trinajstić information content (AvgIpc) is 3.21. The van der Waals surface area contributed by atoms with E-state index in [0.29, 0.717) is 23.7 Å². The molecule has 2 aromatic rings. The van der Waals surface area contributed by atoms with Crippen LogP contribution in [0.2, 0.25) is 0 Å². The molecular weight excluding hydrogens is 348 g/mol. The maximum atomic E-state index is 12.9. The number of rotatable bonds is 6. The highest BCUT2D eigenvalue weighted by atomic mass is 16.5. The predicted molar refractivity (Wildman–Crippen MR) is 98.7 cm³/mol. The molecule has 0 bridgehead atoms. The highest BCUT2D eigenvalue weighted by molar-refractivity contribution is 6.10. The second kappa shape index (κ2) is 8.12. The molecule has 1 aliphatic carbocycles. The lowest BCUT2D eigenvalue weighted by Crippen LogP contribution is -2.34. The summed E-state index contributed by atoms with van der Waals surface area (Å²) in [5.41, 5.74) is 1.46. The van der Waals surface area contributed by atoms with Gasteiger partial charge < -0.3 is 18.6 Å². The molecule has 6 heteroatoms. The molecule has 0 radical (unpaired) electrons. The zero-order valence-corrected chi connectivity index (χ0v) is 15.6. The summed E-state index contributed by atoms with van der Waals surface area (Å²) in [5.74, 6) is -0.575. The summed E-state index contributed by atoms with van der Waals surface area (Å²) in [5, 5.41) is 0. The van der Waals surface area contributed by atoms with Gasteiger partial charge in [0.2, 0.25) is 0 Å². The standard InChI is InChI=1S/C21H22O6/c1-4-26-21(23)19-15(14-7-5-8-18(24-2)20(14)25-3)11-13(12-16(19)22)17-9-6-10-27-17/h5-10,12,15,19H,4,11H2,1-3H3/t15-,19-/m1/s1. The summed E-state index contributed by atoms with van der Waals surface area (Å²) in [6.07, 6.45) is 3.47. The number of furan rings is 1. The van der Waals surface area contributed by atoms with Crippen LogP contribution in [0.25, 0.3) is 5.57 Å². The van der Waals surface area contributed by atoms with Gasteiger partial charge in [-0.25, -0.2) is 0 Å². The van der Waals surface area contributed by atoms with Gasteiger partial charge in [-0.05, 0) is 43.2 Å². The van der Waals surface area contributed by atoms with Crippen molar-refractivity contribution in [1.82, 2.24) is 0 Å². The van der Waals surface area contributed by atoms with E-state index in [1.54, 1.807) is 38.5 Å². The predicted octanol–water partition coefficient (Wildman–Crippen LogP) is 3.62. The third kappa shape index (κ3) is 3.60. The monoisotopic (exact) mass is 370 g/mol. The first-order valence-electron chi connectivity index (χ1n) is 8.76. The Morgan fingerprint density at radius 2 is 2.00 bits per heavy atom. The second-order valence-corrected chi connectivity index (χ2v) is 6.17. The summed E-state index contributed by atoms with van der Waals surface area (Å²) in [6, 6.07) is 8.99. The summed E-state index contributed by atoms with van der Waals surface area (Å²) < 4.78 is 21.5. The molecule has 1 aliphatic rings. The number of ketones is 1. The highest BCUT2D eigenvalue weighted by Crippen LogP contribution is 2.45. The molecule has 0 spiro atoms. The Kier molecular flexibility index (Phi) is 5.64. The van der Waals surface area contributed by atoms with Crippen LogP contribution in [0.15, 0.2) is 47.1 Å². The van der Waals surface area contributed by atoms with Gasteiger partial charge in [0.25, 0.3) is 0 Å². The van der Waals surface area contributed by atoms with Crippen molar-refractivity contribution in [1.29, 1.82) is 0 Å². The molecule has 0 amide bonds. The Balaban J connectivity index is 2.10. The molecule has 3 rings (SSSR count). The fraction of sp³-hybridized carbons (Fsp3) is 0.333. The van der Waals surface area contributed by atoms with E-state index in [4.69, 9.17) is 18.6 Å². The normalized spacial score (nSPS) is 19.4. The number of benzene rings is 1. The molecule has 0 N–H and O–H groups in total. The van der Waals surface area contributed by atoms with Crippen molar-refractivity contribution in [3.63, 3.8) is 0 Å². The molecule has 1 aromatic heterocycles. The smallest absolute Gasteiger partial charge is 0.317 e. The van der Waals surface area contributed by atoms with Crippen LogP contribution in [-0.2, 0) is 14.3 Å². The van der Waals surface area contributed by atoms with Gasteiger partial charge in [0.15, 0.2) is 17.3 Å². The second-order valence-electron chi connectivity index (χ2n) is 6.17. The lowest BCUT2D eigenvalue weighted by atomic mass is 9.74. The summed E-state index contributed by atoms with van der Waals surface area (Å²) in [4.78, 5) is 25.4. The maximum Gasteiger partial charge on any atom is 0.317 e. The van der Waals surface area contributed by atoms with Crippen LogP contribution in [0.1, 0.15) is 30.6 Å². The lowest BCUT2D eigenvalue weighted by molar-refractivity contribution is -0.151. The van der Waals surface area contributed by atoms with Crippen LogP contribution in [0, 0.1) is 5.92 Å². The summed E-state index contributed by atoms with van der Waals surface area (Å²) >= 11 is 0. The first kappa shape index (κ1) is 18.8. The van der Waals surface area contributed by atoms with Crippen LogP contribution in [0.5, 0.6) is 11.5 Å². The molecule has 0 unspecified atom stereocenters. The minimum Gasteiger partial charge on any atom is -0.493 e. The van der Waals surface area contributed by atoms with Crippen molar-refractivity contribution in [2.45, 2.75) is 19.3 Å². The molecule has 27 heavy (non-hydrogen) atoms. The van der Waals surface area contributed by atoms with Gasteiger partial charge in [-0.2, -0.15) is 0 Å². The quantitative estimate of drug-likeness (QED) is 0.571. The fourth-order valence-corrected chi connectivity index (χ4v) is 3.51. The number of ether oxygens (including phenoxy) is 3. The van der Waals surface area contributed by atoms with Gasteiger partial charge in [-0.3, -0.25) is 9.59 Å². The number of carbonyl (C=O) groups is 2. The zero-order chi connectivity index (χ0) is 19.4. The van der Waals surface area contributed by atoms with Crippen molar-refractivity contribution >= 4 is 17.3 Å². The number of allylic oxidation sites excluding steroid dienone is 2. The minimum absolute atomic E-state index is 0.208. The highest BCUT2D eigenvalue weighted by Gasteiger charge is 2.41. The summed E-state index contributed by atoms with van der Waals surface area (Å²) in [7, 11) is 3.08. The first-order valence-corrected chi connectivity index (χ1v) is 8.76. The van der Waals surface area contributed by atoms with E-state index in [1.165, 1.54) is 13.2 Å². The van der Waals surface area contributed by atoms with Crippen molar-refractivity contribution in [3.05, 3.63) is 54.0 Å². The summed E-state index contributed by atoms with van der Waals surface area (Å²) in [6.45, 7) is 1.93. The first-order chi connectivity index (χ1) is 13.1. The number of para-hydroxylation sites is 1. The van der Waals surface area contributed by atoms with Gasteiger partial charge in [0.05, 0.1) is 27.1 Å². The van der Waals surface area contributed by atoms with Crippen molar-refractivity contribution in [2.75, 3.05) is 20.8 Å². The SMILES string of the molecule is CCOC(=O)[C@H]1C(=O)C=C(c2ccco2)C[C@@H]1c1cccc(OC)c1OC. The fourth-order valence-electron chi connectivity index (χ4n) is 3.51. The third-order valence-electron chi connectivity index (χ3n) is 4.68. The van der Waals surface area contributed by atoms with E-state index in [-0.39, 0.29) is 12.4 Å². The van der Waals surface area contributed by atoms with E-state index in [0.717, 1.165) is 11.1 Å². The Bertz CT molecular complexity index is 850. The number of methoxy groups -OCH3 is 2. The Morgan fingerprint density at radius 1 is 1.19 bits per heavy atom. The van der Waals surface area contributed by atoms with Crippen LogP contribution < -0.4 is 9.47 Å². The van der Waals surface area contributed by atoms with E-state index in [1.807, 2.05) is 12.1 Å². The molecule has 142 valence electrons. The molecule has 6 nitrogen and oxygen atoms in total. The van der Waals surface area contributed by atoms with Gasteiger partial charge in [0.1, 0.15) is 11.7 Å². The van der Waals surface area contributed by atoms with Crippen molar-refractivity contribution in [3.8, 4) is 11.5 Å². The van der Waals surface area contributed by atoms with E-state index in [2.05, 4.69) is 0 Å². The Labute approximate surface area is 157 Å². The molecule has 0 aliphatic heterocycles. The van der Waals surface area contributed by atoms with Gasteiger partial charge in [-0.15, -0.1) is 0 Å². The van der Waals surface area contributed by atoms with Gasteiger partial charge in [-0.1, -0.05) is 12.1 Å². The lowest BCUT2D eigenvalue weighted by Gasteiger charge is -2.30. The zero-order valence-electron chi connectivity index (χ0n) is 15.6. The average molecular weight is 370 g/mol. The number of carbonyl (C=O) groups excluding carboxylic acids is 2. The third-order valence-corrected chi connectivity index (χ3v) is 4.68. The maximum absolute atomic E-state index is 12.9. The minimum atomic E-state index is -0.940. The van der Waals surface area contributed by atoms with Crippen molar-refractivity contribution in [2.24, 2.45) is 5.92 Å². The molecule has 1 aromatic carbocycles. The molecule has 2 atom stereocenters. The number of hydrogen-bond donors (Lipinski definition) is 0. The van der Waals surface area contributed by atoms with Crippen LogP contribution >= 0.6 is 0 Å². The van der Waals surface area contributed by atoms with E-state index in [9.17, 15) is 9.59 Å².